The van der Waals surface area contributed by atoms with Crippen molar-refractivity contribution in [3.63, 3.8) is 0 Å². The lowest BCUT2D eigenvalue weighted by atomic mass is 10.3. The SMILES string of the molecule is Cc1ncc(CN(C)C)c(N(C)C)n1. The number of hydrogen-bond donors (Lipinski definition) is 0. The molecule has 0 unspecified atom stereocenters. The summed E-state index contributed by atoms with van der Waals surface area (Å²) in [6.45, 7) is 2.78. The summed E-state index contributed by atoms with van der Waals surface area (Å²) in [5.41, 5.74) is 1.16. The molecule has 14 heavy (non-hydrogen) atoms. The van der Waals surface area contributed by atoms with E-state index in [1.165, 1.54) is 0 Å². The van der Waals surface area contributed by atoms with E-state index in [0.29, 0.717) is 0 Å². The number of hydrogen-bond acceptors (Lipinski definition) is 4. The highest BCUT2D eigenvalue weighted by Crippen LogP contribution is 2.15. The normalized spacial score (nSPS) is 10.7. The molecule has 0 atom stereocenters. The van der Waals surface area contributed by atoms with Crippen LogP contribution in [-0.2, 0) is 6.54 Å². The molecule has 0 spiro atoms. The first kappa shape index (κ1) is 10.9. The molecule has 0 amide bonds. The van der Waals surface area contributed by atoms with E-state index in [4.69, 9.17) is 0 Å². The van der Waals surface area contributed by atoms with Crippen LogP contribution in [0.25, 0.3) is 0 Å². The second-order valence-corrected chi connectivity index (χ2v) is 3.90. The van der Waals surface area contributed by atoms with E-state index in [-0.39, 0.29) is 0 Å². The fourth-order valence-electron chi connectivity index (χ4n) is 1.32. The summed E-state index contributed by atoms with van der Waals surface area (Å²) in [4.78, 5) is 12.8. The second-order valence-electron chi connectivity index (χ2n) is 3.90. The molecule has 0 saturated carbocycles. The molecular formula is C10H18N4. The third kappa shape index (κ3) is 2.67. The van der Waals surface area contributed by atoms with Gasteiger partial charge in [0.1, 0.15) is 11.6 Å². The van der Waals surface area contributed by atoms with Crippen molar-refractivity contribution in [2.24, 2.45) is 0 Å². The Labute approximate surface area is 85.6 Å². The fraction of sp³-hybridized carbons (Fsp3) is 0.600. The molecule has 4 heteroatoms. The molecule has 78 valence electrons. The summed E-state index contributed by atoms with van der Waals surface area (Å²) >= 11 is 0. The zero-order valence-electron chi connectivity index (χ0n) is 9.57. The summed E-state index contributed by atoms with van der Waals surface area (Å²) in [6, 6.07) is 0. The molecule has 0 N–H and O–H groups in total. The van der Waals surface area contributed by atoms with Gasteiger partial charge in [0.15, 0.2) is 0 Å². The Morgan fingerprint density at radius 1 is 1.21 bits per heavy atom. The minimum absolute atomic E-state index is 0.816. The molecule has 0 aliphatic heterocycles. The van der Waals surface area contributed by atoms with Gasteiger partial charge >= 0.3 is 0 Å². The van der Waals surface area contributed by atoms with Crippen molar-refractivity contribution in [2.45, 2.75) is 13.5 Å². The standard InChI is InChI=1S/C10H18N4/c1-8-11-6-9(7-13(2)3)10(12-8)14(4)5/h6H,7H2,1-5H3. The Balaban J connectivity index is 3.02. The third-order valence-electron chi connectivity index (χ3n) is 1.87. The van der Waals surface area contributed by atoms with E-state index in [1.54, 1.807) is 0 Å². The molecule has 4 nitrogen and oxygen atoms in total. The van der Waals surface area contributed by atoms with E-state index in [9.17, 15) is 0 Å². The van der Waals surface area contributed by atoms with Gasteiger partial charge in [0.05, 0.1) is 0 Å². The number of anilines is 1. The van der Waals surface area contributed by atoms with Gasteiger partial charge in [-0.2, -0.15) is 0 Å². The molecule has 0 aromatic carbocycles. The van der Waals surface area contributed by atoms with Crippen molar-refractivity contribution in [3.05, 3.63) is 17.6 Å². The summed E-state index contributed by atoms with van der Waals surface area (Å²) in [5.74, 6) is 1.82. The van der Waals surface area contributed by atoms with Gasteiger partial charge in [0.2, 0.25) is 0 Å². The minimum Gasteiger partial charge on any atom is -0.362 e. The fourth-order valence-corrected chi connectivity index (χ4v) is 1.32. The maximum atomic E-state index is 4.41. The van der Waals surface area contributed by atoms with Gasteiger partial charge < -0.3 is 9.80 Å². The van der Waals surface area contributed by atoms with Gasteiger partial charge in [-0.05, 0) is 21.0 Å². The lowest BCUT2D eigenvalue weighted by Gasteiger charge is -2.18. The molecule has 1 rings (SSSR count). The van der Waals surface area contributed by atoms with Crippen LogP contribution in [0.2, 0.25) is 0 Å². The molecule has 0 fully saturated rings. The maximum absolute atomic E-state index is 4.41. The highest BCUT2D eigenvalue weighted by Gasteiger charge is 2.07. The first-order chi connectivity index (χ1) is 6.50. The average Bonchev–Trinajstić information content (AvgIpc) is 2.07. The smallest absolute Gasteiger partial charge is 0.136 e. The Hall–Kier alpha value is -1.16. The number of aryl methyl sites for hydroxylation is 1. The maximum Gasteiger partial charge on any atom is 0.136 e. The van der Waals surface area contributed by atoms with Crippen molar-refractivity contribution >= 4 is 5.82 Å². The van der Waals surface area contributed by atoms with E-state index in [1.807, 2.05) is 46.2 Å². The van der Waals surface area contributed by atoms with Crippen molar-refractivity contribution in [1.82, 2.24) is 14.9 Å². The van der Waals surface area contributed by atoms with Gasteiger partial charge in [0.25, 0.3) is 0 Å². The van der Waals surface area contributed by atoms with Crippen LogP contribution in [0.5, 0.6) is 0 Å². The Morgan fingerprint density at radius 2 is 1.86 bits per heavy atom. The second kappa shape index (κ2) is 4.37. The molecule has 1 heterocycles. The van der Waals surface area contributed by atoms with Crippen molar-refractivity contribution in [2.75, 3.05) is 33.1 Å². The molecule has 0 aliphatic rings. The number of rotatable bonds is 3. The summed E-state index contributed by atoms with van der Waals surface area (Å²) in [5, 5.41) is 0. The zero-order valence-corrected chi connectivity index (χ0v) is 9.57. The Morgan fingerprint density at radius 3 is 2.36 bits per heavy atom. The van der Waals surface area contributed by atoms with Crippen molar-refractivity contribution in [3.8, 4) is 0 Å². The van der Waals surface area contributed by atoms with Crippen LogP contribution in [0.15, 0.2) is 6.20 Å². The molecule has 0 radical (unpaired) electrons. The molecule has 1 aromatic heterocycles. The van der Waals surface area contributed by atoms with Crippen molar-refractivity contribution < 1.29 is 0 Å². The number of nitrogens with zero attached hydrogens (tertiary/aromatic N) is 4. The Kier molecular flexibility index (Phi) is 3.41. The summed E-state index contributed by atoms with van der Waals surface area (Å²) in [6.07, 6.45) is 1.90. The first-order valence-corrected chi connectivity index (χ1v) is 4.65. The van der Waals surface area contributed by atoms with Crippen LogP contribution in [0.1, 0.15) is 11.4 Å². The van der Waals surface area contributed by atoms with Crippen LogP contribution in [-0.4, -0.2) is 43.1 Å². The van der Waals surface area contributed by atoms with Crippen LogP contribution < -0.4 is 4.90 Å². The Bertz CT molecular complexity index is 307. The van der Waals surface area contributed by atoms with E-state index < -0.39 is 0 Å². The highest BCUT2D eigenvalue weighted by atomic mass is 15.2. The largest absolute Gasteiger partial charge is 0.362 e. The predicted molar refractivity (Wildman–Crippen MR) is 58.5 cm³/mol. The van der Waals surface area contributed by atoms with Crippen LogP contribution in [0.4, 0.5) is 5.82 Å². The van der Waals surface area contributed by atoms with Crippen molar-refractivity contribution in [1.29, 1.82) is 0 Å². The van der Waals surface area contributed by atoms with Crippen LogP contribution in [0, 0.1) is 6.92 Å². The van der Waals surface area contributed by atoms with E-state index in [2.05, 4.69) is 14.9 Å². The first-order valence-electron chi connectivity index (χ1n) is 4.65. The van der Waals surface area contributed by atoms with Gasteiger partial charge in [-0.1, -0.05) is 0 Å². The summed E-state index contributed by atoms with van der Waals surface area (Å²) in [7, 11) is 8.08. The van der Waals surface area contributed by atoms with E-state index in [0.717, 1.165) is 23.8 Å². The third-order valence-corrected chi connectivity index (χ3v) is 1.87. The monoisotopic (exact) mass is 194 g/mol. The molecule has 1 aromatic rings. The minimum atomic E-state index is 0.816. The highest BCUT2D eigenvalue weighted by molar-refractivity contribution is 5.44. The topological polar surface area (TPSA) is 32.3 Å². The molecule has 0 bridgehead atoms. The quantitative estimate of drug-likeness (QED) is 0.716. The lowest BCUT2D eigenvalue weighted by Crippen LogP contribution is -2.18. The predicted octanol–water partition coefficient (Wildman–Crippen LogP) is 0.913. The average molecular weight is 194 g/mol. The number of aromatic nitrogens is 2. The molecule has 0 saturated heterocycles. The van der Waals surface area contributed by atoms with Crippen LogP contribution in [0.3, 0.4) is 0 Å². The van der Waals surface area contributed by atoms with Gasteiger partial charge in [-0.15, -0.1) is 0 Å². The molecular weight excluding hydrogens is 176 g/mol. The zero-order chi connectivity index (χ0) is 10.7. The van der Waals surface area contributed by atoms with Gasteiger partial charge in [0, 0.05) is 32.4 Å². The van der Waals surface area contributed by atoms with Crippen LogP contribution >= 0.6 is 0 Å². The summed E-state index contributed by atoms with van der Waals surface area (Å²) < 4.78 is 0. The van der Waals surface area contributed by atoms with Gasteiger partial charge in [-0.25, -0.2) is 9.97 Å². The lowest BCUT2D eigenvalue weighted by molar-refractivity contribution is 0.401. The van der Waals surface area contributed by atoms with Gasteiger partial charge in [-0.3, -0.25) is 0 Å². The molecule has 0 aliphatic carbocycles. The van der Waals surface area contributed by atoms with E-state index >= 15 is 0 Å².